The summed E-state index contributed by atoms with van der Waals surface area (Å²) in [6, 6.07) is 16.3. The number of benzene rings is 2. The van der Waals surface area contributed by atoms with Crippen molar-refractivity contribution in [2.45, 2.75) is 24.8 Å². The molecule has 112 valence electrons. The molecule has 1 fully saturated rings. The molecule has 1 aliphatic heterocycles. The number of carbonyl (C=O) groups is 1. The standard InChI is InChI=1S/C19H19NO2/c1-22-16-8-7-15-9-10-19(17(15)11-16)13-20(18(19)21)12-14-5-3-2-4-6-14/h2-8,11H,9-10,12-13H2,1H3. The molecular formula is C19H19NO2. The van der Waals surface area contributed by atoms with Gasteiger partial charge in [-0.3, -0.25) is 4.79 Å². The number of aryl methyl sites for hydroxylation is 1. The Hall–Kier alpha value is -2.29. The molecule has 2 aromatic rings. The summed E-state index contributed by atoms with van der Waals surface area (Å²) in [6.07, 6.45) is 1.92. The summed E-state index contributed by atoms with van der Waals surface area (Å²) >= 11 is 0. The van der Waals surface area contributed by atoms with Crippen LogP contribution in [-0.4, -0.2) is 24.5 Å². The number of hydrogen-bond donors (Lipinski definition) is 0. The fourth-order valence-corrected chi connectivity index (χ4v) is 3.82. The molecule has 0 saturated carbocycles. The highest BCUT2D eigenvalue weighted by atomic mass is 16.5. The Labute approximate surface area is 130 Å². The van der Waals surface area contributed by atoms with Crippen LogP contribution < -0.4 is 4.74 Å². The van der Waals surface area contributed by atoms with Crippen LogP contribution in [0.3, 0.4) is 0 Å². The average Bonchev–Trinajstić information content (AvgIpc) is 2.96. The molecule has 1 spiro atoms. The number of β-lactam (4-membered cyclic amide) rings is 1. The minimum Gasteiger partial charge on any atom is -0.497 e. The van der Waals surface area contributed by atoms with E-state index in [1.165, 1.54) is 16.7 Å². The van der Waals surface area contributed by atoms with Gasteiger partial charge in [-0.25, -0.2) is 0 Å². The van der Waals surface area contributed by atoms with Crippen LogP contribution in [0.25, 0.3) is 0 Å². The molecule has 1 heterocycles. The molecule has 0 N–H and O–H groups in total. The van der Waals surface area contributed by atoms with Gasteiger partial charge in [0.2, 0.25) is 5.91 Å². The summed E-state index contributed by atoms with van der Waals surface area (Å²) in [5.41, 5.74) is 3.38. The van der Waals surface area contributed by atoms with E-state index in [1.54, 1.807) is 7.11 Å². The minimum absolute atomic E-state index is 0.267. The van der Waals surface area contributed by atoms with E-state index in [0.717, 1.165) is 25.1 Å². The monoisotopic (exact) mass is 293 g/mol. The second-order valence-electron chi connectivity index (χ2n) is 6.25. The highest BCUT2D eigenvalue weighted by molar-refractivity contribution is 5.95. The van der Waals surface area contributed by atoms with E-state index in [9.17, 15) is 4.79 Å². The van der Waals surface area contributed by atoms with Gasteiger partial charge < -0.3 is 9.64 Å². The molecule has 0 aromatic heterocycles. The molecule has 2 aromatic carbocycles. The second-order valence-corrected chi connectivity index (χ2v) is 6.25. The quantitative estimate of drug-likeness (QED) is 0.814. The number of amides is 1. The molecule has 0 bridgehead atoms. The van der Waals surface area contributed by atoms with E-state index >= 15 is 0 Å². The number of nitrogens with zero attached hydrogens (tertiary/aromatic N) is 1. The molecule has 2 aliphatic rings. The topological polar surface area (TPSA) is 29.5 Å². The zero-order valence-electron chi connectivity index (χ0n) is 12.7. The summed E-state index contributed by atoms with van der Waals surface area (Å²) in [6.45, 7) is 1.53. The molecule has 1 aliphatic carbocycles. The maximum atomic E-state index is 12.8. The van der Waals surface area contributed by atoms with E-state index in [2.05, 4.69) is 24.3 Å². The highest BCUT2D eigenvalue weighted by Crippen LogP contribution is 2.47. The smallest absolute Gasteiger partial charge is 0.235 e. The first-order valence-corrected chi connectivity index (χ1v) is 7.74. The van der Waals surface area contributed by atoms with Crippen molar-refractivity contribution < 1.29 is 9.53 Å². The zero-order valence-corrected chi connectivity index (χ0v) is 12.7. The fourth-order valence-electron chi connectivity index (χ4n) is 3.82. The van der Waals surface area contributed by atoms with Gasteiger partial charge in [0, 0.05) is 13.1 Å². The van der Waals surface area contributed by atoms with Gasteiger partial charge in [0.05, 0.1) is 12.5 Å². The summed E-state index contributed by atoms with van der Waals surface area (Å²) in [7, 11) is 1.67. The SMILES string of the molecule is COc1ccc2c(c1)C1(CC2)CN(Cc2ccccc2)C1=O. The van der Waals surface area contributed by atoms with Gasteiger partial charge in [-0.2, -0.15) is 0 Å². The predicted molar refractivity (Wildman–Crippen MR) is 84.9 cm³/mol. The average molecular weight is 293 g/mol. The molecule has 4 rings (SSSR count). The van der Waals surface area contributed by atoms with Crippen molar-refractivity contribution in [3.8, 4) is 5.75 Å². The van der Waals surface area contributed by atoms with Gasteiger partial charge >= 0.3 is 0 Å². The van der Waals surface area contributed by atoms with Gasteiger partial charge in [0.15, 0.2) is 0 Å². The van der Waals surface area contributed by atoms with Crippen LogP contribution in [0, 0.1) is 0 Å². The summed E-state index contributed by atoms with van der Waals surface area (Å²) in [4.78, 5) is 14.8. The van der Waals surface area contributed by atoms with Gasteiger partial charge in [-0.1, -0.05) is 36.4 Å². The van der Waals surface area contributed by atoms with Crippen molar-refractivity contribution in [2.24, 2.45) is 0 Å². The van der Waals surface area contributed by atoms with Crippen molar-refractivity contribution in [1.82, 2.24) is 4.90 Å². The molecule has 1 amide bonds. The van der Waals surface area contributed by atoms with E-state index in [4.69, 9.17) is 4.74 Å². The lowest BCUT2D eigenvalue weighted by Gasteiger charge is -2.47. The van der Waals surface area contributed by atoms with Gasteiger partial charge in [0.1, 0.15) is 5.75 Å². The number of fused-ring (bicyclic) bond motifs is 2. The Morgan fingerprint density at radius 3 is 2.73 bits per heavy atom. The number of likely N-dealkylation sites (tertiary alicyclic amines) is 1. The molecule has 3 nitrogen and oxygen atoms in total. The van der Waals surface area contributed by atoms with Crippen molar-refractivity contribution in [1.29, 1.82) is 0 Å². The third-order valence-corrected chi connectivity index (χ3v) is 5.03. The molecular weight excluding hydrogens is 274 g/mol. The van der Waals surface area contributed by atoms with E-state index < -0.39 is 0 Å². The van der Waals surface area contributed by atoms with Crippen molar-refractivity contribution in [3.63, 3.8) is 0 Å². The van der Waals surface area contributed by atoms with Crippen LogP contribution in [0.5, 0.6) is 5.75 Å². The maximum Gasteiger partial charge on any atom is 0.235 e. The Balaban J connectivity index is 1.58. The van der Waals surface area contributed by atoms with E-state index in [1.807, 2.05) is 29.2 Å². The molecule has 22 heavy (non-hydrogen) atoms. The predicted octanol–water partition coefficient (Wildman–Crippen LogP) is 2.92. The Morgan fingerprint density at radius 1 is 1.18 bits per heavy atom. The van der Waals surface area contributed by atoms with Crippen molar-refractivity contribution >= 4 is 5.91 Å². The Bertz CT molecular complexity index is 725. The van der Waals surface area contributed by atoms with E-state index in [-0.39, 0.29) is 11.3 Å². The first-order chi connectivity index (χ1) is 10.7. The Kier molecular flexibility index (Phi) is 2.96. The van der Waals surface area contributed by atoms with Crippen molar-refractivity contribution in [3.05, 3.63) is 65.2 Å². The second kappa shape index (κ2) is 4.87. The zero-order chi connectivity index (χ0) is 15.2. The minimum atomic E-state index is -0.293. The molecule has 3 heteroatoms. The molecule has 1 unspecified atom stereocenters. The van der Waals surface area contributed by atoms with Crippen LogP contribution in [-0.2, 0) is 23.2 Å². The fraction of sp³-hybridized carbons (Fsp3) is 0.316. The normalized spacial score (nSPS) is 22.6. The highest BCUT2D eigenvalue weighted by Gasteiger charge is 2.55. The third kappa shape index (κ3) is 1.85. The number of ether oxygens (including phenoxy) is 1. The first kappa shape index (κ1) is 13.4. The van der Waals surface area contributed by atoms with E-state index in [0.29, 0.717) is 6.54 Å². The number of hydrogen-bond acceptors (Lipinski definition) is 2. The lowest BCUT2D eigenvalue weighted by molar-refractivity contribution is -0.152. The third-order valence-electron chi connectivity index (χ3n) is 5.03. The number of methoxy groups -OCH3 is 1. The summed E-state index contributed by atoms with van der Waals surface area (Å²) < 4.78 is 5.33. The van der Waals surface area contributed by atoms with Crippen LogP contribution >= 0.6 is 0 Å². The first-order valence-electron chi connectivity index (χ1n) is 7.74. The van der Waals surface area contributed by atoms with Gasteiger partial charge in [-0.15, -0.1) is 0 Å². The van der Waals surface area contributed by atoms with Crippen LogP contribution in [0.15, 0.2) is 48.5 Å². The summed E-state index contributed by atoms with van der Waals surface area (Å²) in [5.74, 6) is 1.11. The van der Waals surface area contributed by atoms with Crippen LogP contribution in [0.4, 0.5) is 0 Å². The lowest BCUT2D eigenvalue weighted by atomic mass is 9.73. The van der Waals surface area contributed by atoms with Gasteiger partial charge in [-0.05, 0) is 41.7 Å². The lowest BCUT2D eigenvalue weighted by Crippen LogP contribution is -2.62. The number of carbonyl (C=O) groups excluding carboxylic acids is 1. The Morgan fingerprint density at radius 2 is 2.00 bits per heavy atom. The molecule has 1 atom stereocenters. The van der Waals surface area contributed by atoms with Crippen molar-refractivity contribution in [2.75, 3.05) is 13.7 Å². The van der Waals surface area contributed by atoms with Crippen LogP contribution in [0.1, 0.15) is 23.1 Å². The van der Waals surface area contributed by atoms with Gasteiger partial charge in [0.25, 0.3) is 0 Å². The molecule has 1 saturated heterocycles. The maximum absolute atomic E-state index is 12.8. The summed E-state index contributed by atoms with van der Waals surface area (Å²) in [5, 5.41) is 0. The number of rotatable bonds is 3. The largest absolute Gasteiger partial charge is 0.497 e. The van der Waals surface area contributed by atoms with Crippen LogP contribution in [0.2, 0.25) is 0 Å². The molecule has 0 radical (unpaired) electrons.